The Bertz CT molecular complexity index is 249. The number of anilines is 1. The average Bonchev–Trinajstić information content (AvgIpc) is 2.20. The molecular formula is C10H18N2O. The van der Waals surface area contributed by atoms with E-state index < -0.39 is 0 Å². The normalized spacial score (nSPS) is 8.62. The molecule has 0 aromatic heterocycles. The van der Waals surface area contributed by atoms with E-state index in [4.69, 9.17) is 10.8 Å². The number of nitrogens with two attached hydrogens (primary N) is 1. The fraction of sp³-hybridized carbons (Fsp3) is 0.400. The fourth-order valence-corrected chi connectivity index (χ4v) is 0.975. The highest BCUT2D eigenvalue weighted by Crippen LogP contribution is 2.20. The molecule has 0 aliphatic heterocycles. The number of phenolic OH excluding ortho intramolecular Hbond substituents is 1. The van der Waals surface area contributed by atoms with Gasteiger partial charge in [0.2, 0.25) is 0 Å². The van der Waals surface area contributed by atoms with Crippen molar-refractivity contribution in [3.8, 4) is 5.75 Å². The van der Waals surface area contributed by atoms with Crippen molar-refractivity contribution >= 4 is 5.69 Å². The summed E-state index contributed by atoms with van der Waals surface area (Å²) in [6.45, 7) is 4.48. The van der Waals surface area contributed by atoms with Gasteiger partial charge < -0.3 is 16.2 Å². The van der Waals surface area contributed by atoms with E-state index >= 15 is 0 Å². The van der Waals surface area contributed by atoms with Crippen LogP contribution in [0.5, 0.6) is 5.75 Å². The summed E-state index contributed by atoms with van der Waals surface area (Å²) in [4.78, 5) is 0. The number of nitrogens with one attached hydrogen (secondary N) is 1. The van der Waals surface area contributed by atoms with Crippen LogP contribution in [-0.2, 0) is 6.54 Å². The van der Waals surface area contributed by atoms with Gasteiger partial charge in [0.05, 0.1) is 0 Å². The summed E-state index contributed by atoms with van der Waals surface area (Å²) in [6.07, 6.45) is 0. The molecule has 0 heterocycles. The highest BCUT2D eigenvalue weighted by molar-refractivity contribution is 5.54. The predicted molar refractivity (Wildman–Crippen MR) is 56.9 cm³/mol. The number of rotatable bonds is 2. The first-order valence-corrected chi connectivity index (χ1v) is 4.47. The molecule has 0 radical (unpaired) electrons. The molecule has 0 amide bonds. The van der Waals surface area contributed by atoms with Crippen LogP contribution >= 0.6 is 0 Å². The number of aromatic hydroxyl groups is 1. The van der Waals surface area contributed by atoms with E-state index in [0.717, 1.165) is 11.3 Å². The zero-order valence-electron chi connectivity index (χ0n) is 8.46. The lowest BCUT2D eigenvalue weighted by Crippen LogP contribution is -2.01. The quantitative estimate of drug-likeness (QED) is 0.655. The smallest absolute Gasteiger partial charge is 0.117 e. The molecule has 0 aliphatic carbocycles. The van der Waals surface area contributed by atoms with E-state index in [-0.39, 0.29) is 5.75 Å². The third-order valence-corrected chi connectivity index (χ3v) is 1.58. The van der Waals surface area contributed by atoms with Crippen molar-refractivity contribution in [3.63, 3.8) is 0 Å². The van der Waals surface area contributed by atoms with Gasteiger partial charge in [-0.05, 0) is 11.6 Å². The number of hydrogen-bond donors (Lipinski definition) is 3. The Hall–Kier alpha value is -1.22. The molecule has 4 N–H and O–H groups in total. The lowest BCUT2D eigenvalue weighted by atomic mass is 10.1. The second-order valence-electron chi connectivity index (χ2n) is 2.30. The summed E-state index contributed by atoms with van der Waals surface area (Å²) in [5.41, 5.74) is 7.34. The molecule has 0 atom stereocenters. The van der Waals surface area contributed by atoms with E-state index in [2.05, 4.69) is 5.32 Å². The zero-order chi connectivity index (χ0) is 10.3. The summed E-state index contributed by atoms with van der Waals surface area (Å²) < 4.78 is 0. The second kappa shape index (κ2) is 6.31. The molecule has 0 saturated carbocycles. The largest absolute Gasteiger partial charge is 0.508 e. The van der Waals surface area contributed by atoms with Crippen LogP contribution in [0.1, 0.15) is 19.4 Å². The Balaban J connectivity index is 0.000000671. The summed E-state index contributed by atoms with van der Waals surface area (Å²) >= 11 is 0. The number of phenols is 1. The minimum absolute atomic E-state index is 0.256. The maximum absolute atomic E-state index is 9.08. The van der Waals surface area contributed by atoms with Gasteiger partial charge in [-0.1, -0.05) is 19.9 Å². The predicted octanol–water partition coefficient (Wildman–Crippen LogP) is 1.92. The zero-order valence-corrected chi connectivity index (χ0v) is 8.46. The fourth-order valence-electron chi connectivity index (χ4n) is 0.975. The van der Waals surface area contributed by atoms with E-state index in [1.807, 2.05) is 13.8 Å². The topological polar surface area (TPSA) is 58.3 Å². The van der Waals surface area contributed by atoms with E-state index in [9.17, 15) is 0 Å². The highest BCUT2D eigenvalue weighted by atomic mass is 16.3. The van der Waals surface area contributed by atoms with Gasteiger partial charge in [-0.3, -0.25) is 0 Å². The first kappa shape index (κ1) is 11.8. The highest BCUT2D eigenvalue weighted by Gasteiger charge is 1.98. The molecule has 0 unspecified atom stereocenters. The Morgan fingerprint density at radius 3 is 2.46 bits per heavy atom. The lowest BCUT2D eigenvalue weighted by Gasteiger charge is -2.06. The summed E-state index contributed by atoms with van der Waals surface area (Å²) in [5.74, 6) is 0.256. The molecule has 0 fully saturated rings. The van der Waals surface area contributed by atoms with Gasteiger partial charge in [-0.2, -0.15) is 0 Å². The van der Waals surface area contributed by atoms with Crippen LogP contribution in [0.15, 0.2) is 18.2 Å². The van der Waals surface area contributed by atoms with Gasteiger partial charge >= 0.3 is 0 Å². The van der Waals surface area contributed by atoms with Gasteiger partial charge in [0.25, 0.3) is 0 Å². The Morgan fingerprint density at radius 2 is 2.00 bits per heavy atom. The Labute approximate surface area is 79.6 Å². The van der Waals surface area contributed by atoms with Crippen LogP contribution in [0.3, 0.4) is 0 Å². The maximum Gasteiger partial charge on any atom is 0.117 e. The van der Waals surface area contributed by atoms with E-state index in [0.29, 0.717) is 6.54 Å². The molecule has 0 aliphatic rings. The molecule has 0 spiro atoms. The Morgan fingerprint density at radius 1 is 1.38 bits per heavy atom. The number of hydrogen-bond acceptors (Lipinski definition) is 3. The van der Waals surface area contributed by atoms with Crippen molar-refractivity contribution in [1.29, 1.82) is 0 Å². The summed E-state index contributed by atoms with van der Waals surface area (Å²) in [5, 5.41) is 12.0. The van der Waals surface area contributed by atoms with Gasteiger partial charge in [-0.15, -0.1) is 0 Å². The lowest BCUT2D eigenvalue weighted by molar-refractivity contribution is 0.475. The molecule has 74 valence electrons. The monoisotopic (exact) mass is 182 g/mol. The van der Waals surface area contributed by atoms with Crippen LogP contribution in [0.2, 0.25) is 0 Å². The van der Waals surface area contributed by atoms with Gasteiger partial charge in [-0.25, -0.2) is 0 Å². The molecule has 3 heteroatoms. The van der Waals surface area contributed by atoms with E-state index in [1.165, 1.54) is 0 Å². The summed E-state index contributed by atoms with van der Waals surface area (Å²) in [6, 6.07) is 5.09. The molecule has 1 rings (SSSR count). The standard InChI is InChI=1S/C8H12N2O.C2H6/c1-10-8-4-7(11)3-2-6(8)5-9;1-2/h2-4,10-11H,5,9H2,1H3;1-2H3. The molecular weight excluding hydrogens is 164 g/mol. The van der Waals surface area contributed by atoms with Crippen LogP contribution in [0, 0.1) is 0 Å². The minimum Gasteiger partial charge on any atom is -0.508 e. The van der Waals surface area contributed by atoms with Crippen LogP contribution in [0.4, 0.5) is 5.69 Å². The molecule has 0 saturated heterocycles. The maximum atomic E-state index is 9.08. The minimum atomic E-state index is 0.256. The molecule has 3 nitrogen and oxygen atoms in total. The third kappa shape index (κ3) is 3.34. The van der Waals surface area contributed by atoms with Gasteiger partial charge in [0.1, 0.15) is 5.75 Å². The van der Waals surface area contributed by atoms with Crippen LogP contribution < -0.4 is 11.1 Å². The third-order valence-electron chi connectivity index (χ3n) is 1.58. The summed E-state index contributed by atoms with van der Waals surface area (Å²) in [7, 11) is 1.80. The first-order chi connectivity index (χ1) is 6.27. The molecule has 1 aromatic rings. The first-order valence-electron chi connectivity index (χ1n) is 4.47. The number of benzene rings is 1. The Kier molecular flexibility index (Phi) is 5.72. The molecule has 1 aromatic carbocycles. The van der Waals surface area contributed by atoms with Gasteiger partial charge in [0, 0.05) is 25.3 Å². The molecule has 13 heavy (non-hydrogen) atoms. The van der Waals surface area contributed by atoms with Crippen LogP contribution in [-0.4, -0.2) is 12.2 Å². The molecule has 0 bridgehead atoms. The van der Waals surface area contributed by atoms with Crippen molar-refractivity contribution in [1.82, 2.24) is 0 Å². The van der Waals surface area contributed by atoms with Crippen molar-refractivity contribution in [2.24, 2.45) is 5.73 Å². The van der Waals surface area contributed by atoms with Crippen molar-refractivity contribution in [2.45, 2.75) is 20.4 Å². The van der Waals surface area contributed by atoms with Crippen molar-refractivity contribution in [3.05, 3.63) is 23.8 Å². The average molecular weight is 182 g/mol. The van der Waals surface area contributed by atoms with Crippen molar-refractivity contribution < 1.29 is 5.11 Å². The van der Waals surface area contributed by atoms with Gasteiger partial charge in [0.15, 0.2) is 0 Å². The van der Waals surface area contributed by atoms with Crippen molar-refractivity contribution in [2.75, 3.05) is 12.4 Å². The van der Waals surface area contributed by atoms with E-state index in [1.54, 1.807) is 25.2 Å². The van der Waals surface area contributed by atoms with Crippen LogP contribution in [0.25, 0.3) is 0 Å². The SMILES string of the molecule is CC.CNc1cc(O)ccc1CN. The second-order valence-corrected chi connectivity index (χ2v) is 2.30.